The molecular weight excluding hydrogens is 406 g/mol. The van der Waals surface area contributed by atoms with Crippen LogP contribution >= 0.6 is 0 Å². The number of carbonyl (C=O) groups is 2. The van der Waals surface area contributed by atoms with Crippen LogP contribution in [-0.4, -0.2) is 23.6 Å². The van der Waals surface area contributed by atoms with Crippen molar-refractivity contribution in [3.05, 3.63) is 89.5 Å². The lowest BCUT2D eigenvalue weighted by molar-refractivity contribution is -0.139. The van der Waals surface area contributed by atoms with Crippen LogP contribution in [0.2, 0.25) is 0 Å². The topological polar surface area (TPSA) is 84.9 Å². The molecule has 0 heterocycles. The molecule has 3 aromatic rings. The molecule has 0 fully saturated rings. The van der Waals surface area contributed by atoms with Gasteiger partial charge in [-0.2, -0.15) is 0 Å². The number of hydrogen-bond acceptors (Lipinski definition) is 4. The van der Waals surface area contributed by atoms with Crippen molar-refractivity contribution in [2.24, 2.45) is 5.92 Å². The fourth-order valence-corrected chi connectivity index (χ4v) is 3.12. The SMILES string of the molecule is CC(C)Cc1ccc(COc2ccc(NC(=O)c3cccc(OCC(=O)O)c3)cc2)cc1. The molecule has 0 unspecified atom stereocenters. The van der Waals surface area contributed by atoms with Crippen molar-refractivity contribution in [1.29, 1.82) is 0 Å². The number of carboxylic acids is 1. The third kappa shape index (κ3) is 7.16. The Labute approximate surface area is 187 Å². The molecular formula is C26H27NO5. The van der Waals surface area contributed by atoms with Crippen LogP contribution in [0.5, 0.6) is 11.5 Å². The highest BCUT2D eigenvalue weighted by Gasteiger charge is 2.09. The Morgan fingerprint density at radius 2 is 1.56 bits per heavy atom. The summed E-state index contributed by atoms with van der Waals surface area (Å²) < 4.78 is 11.0. The number of aliphatic carboxylic acids is 1. The van der Waals surface area contributed by atoms with E-state index in [0.29, 0.717) is 35.3 Å². The first-order chi connectivity index (χ1) is 15.4. The Morgan fingerprint density at radius 1 is 0.875 bits per heavy atom. The fraction of sp³-hybridized carbons (Fsp3) is 0.231. The molecule has 0 saturated carbocycles. The maximum Gasteiger partial charge on any atom is 0.341 e. The number of amides is 1. The molecule has 0 bridgehead atoms. The van der Waals surface area contributed by atoms with Gasteiger partial charge in [-0.25, -0.2) is 4.79 Å². The van der Waals surface area contributed by atoms with E-state index in [1.807, 2.05) is 0 Å². The molecule has 32 heavy (non-hydrogen) atoms. The van der Waals surface area contributed by atoms with Gasteiger partial charge in [0.25, 0.3) is 5.91 Å². The molecule has 0 spiro atoms. The Balaban J connectivity index is 1.52. The minimum absolute atomic E-state index is 0.319. The van der Waals surface area contributed by atoms with Gasteiger partial charge in [0.15, 0.2) is 6.61 Å². The van der Waals surface area contributed by atoms with Crippen LogP contribution in [0, 0.1) is 5.92 Å². The predicted octanol–water partition coefficient (Wildman–Crippen LogP) is 5.18. The summed E-state index contributed by atoms with van der Waals surface area (Å²) in [5.74, 6) is 0.260. The molecule has 3 rings (SSSR count). The van der Waals surface area contributed by atoms with Crippen LogP contribution in [0.3, 0.4) is 0 Å². The summed E-state index contributed by atoms with van der Waals surface area (Å²) >= 11 is 0. The lowest BCUT2D eigenvalue weighted by Gasteiger charge is -2.10. The van der Waals surface area contributed by atoms with Gasteiger partial charge >= 0.3 is 5.97 Å². The van der Waals surface area contributed by atoms with Gasteiger partial charge in [0.2, 0.25) is 0 Å². The molecule has 0 radical (unpaired) electrons. The molecule has 0 aliphatic carbocycles. The van der Waals surface area contributed by atoms with Crippen LogP contribution in [0.1, 0.15) is 35.3 Å². The van der Waals surface area contributed by atoms with Gasteiger partial charge in [0.05, 0.1) is 0 Å². The number of carboxylic acid groups (broad SMARTS) is 1. The second kappa shape index (κ2) is 11.0. The van der Waals surface area contributed by atoms with E-state index < -0.39 is 12.6 Å². The highest BCUT2D eigenvalue weighted by Crippen LogP contribution is 2.19. The zero-order chi connectivity index (χ0) is 22.9. The van der Waals surface area contributed by atoms with E-state index in [1.54, 1.807) is 42.5 Å². The third-order valence-corrected chi connectivity index (χ3v) is 4.64. The van der Waals surface area contributed by atoms with E-state index >= 15 is 0 Å². The first-order valence-corrected chi connectivity index (χ1v) is 10.5. The average Bonchev–Trinajstić information content (AvgIpc) is 2.78. The van der Waals surface area contributed by atoms with Crippen molar-refractivity contribution in [1.82, 2.24) is 0 Å². The number of carbonyl (C=O) groups excluding carboxylic acids is 1. The summed E-state index contributed by atoms with van der Waals surface area (Å²) in [7, 11) is 0. The first-order valence-electron chi connectivity index (χ1n) is 10.5. The first kappa shape index (κ1) is 22.9. The summed E-state index contributed by atoms with van der Waals surface area (Å²) in [6, 6.07) is 22.0. The molecule has 0 atom stereocenters. The Morgan fingerprint density at radius 3 is 2.22 bits per heavy atom. The summed E-state index contributed by atoms with van der Waals surface area (Å²) in [5, 5.41) is 11.5. The molecule has 1 amide bonds. The van der Waals surface area contributed by atoms with Gasteiger partial charge in [0.1, 0.15) is 18.1 Å². The number of nitrogens with one attached hydrogen (secondary N) is 1. The van der Waals surface area contributed by atoms with Gasteiger partial charge in [0, 0.05) is 11.3 Å². The van der Waals surface area contributed by atoms with Crippen molar-refractivity contribution in [3.8, 4) is 11.5 Å². The highest BCUT2D eigenvalue weighted by molar-refractivity contribution is 6.04. The summed E-state index contributed by atoms with van der Waals surface area (Å²) in [5.41, 5.74) is 3.41. The number of rotatable bonds is 10. The fourth-order valence-electron chi connectivity index (χ4n) is 3.12. The molecule has 2 N–H and O–H groups in total. The average molecular weight is 434 g/mol. The quantitative estimate of drug-likeness (QED) is 0.460. The summed E-state index contributed by atoms with van der Waals surface area (Å²) in [6.07, 6.45) is 1.06. The highest BCUT2D eigenvalue weighted by atomic mass is 16.5. The van der Waals surface area contributed by atoms with Gasteiger partial charge < -0.3 is 19.9 Å². The number of benzene rings is 3. The van der Waals surface area contributed by atoms with Crippen LogP contribution in [0.4, 0.5) is 5.69 Å². The normalized spacial score (nSPS) is 10.6. The number of hydrogen-bond donors (Lipinski definition) is 2. The van der Waals surface area contributed by atoms with E-state index in [9.17, 15) is 9.59 Å². The van der Waals surface area contributed by atoms with E-state index in [1.165, 1.54) is 11.6 Å². The lowest BCUT2D eigenvalue weighted by atomic mass is 10.0. The maximum absolute atomic E-state index is 12.5. The maximum atomic E-state index is 12.5. The summed E-state index contributed by atoms with van der Waals surface area (Å²) in [4.78, 5) is 23.1. The van der Waals surface area contributed by atoms with Crippen LogP contribution < -0.4 is 14.8 Å². The van der Waals surface area contributed by atoms with Crippen molar-refractivity contribution >= 4 is 17.6 Å². The predicted molar refractivity (Wildman–Crippen MR) is 123 cm³/mol. The molecule has 166 valence electrons. The van der Waals surface area contributed by atoms with E-state index in [2.05, 4.69) is 43.4 Å². The molecule has 6 nitrogen and oxygen atoms in total. The van der Waals surface area contributed by atoms with Gasteiger partial charge in [-0.05, 0) is 65.9 Å². The molecule has 0 aliphatic rings. The molecule has 0 aliphatic heterocycles. The lowest BCUT2D eigenvalue weighted by Crippen LogP contribution is -2.13. The number of ether oxygens (including phenoxy) is 2. The van der Waals surface area contributed by atoms with Crippen LogP contribution in [0.15, 0.2) is 72.8 Å². The Kier molecular flexibility index (Phi) is 7.86. The Hall–Kier alpha value is -3.80. The van der Waals surface area contributed by atoms with E-state index in [-0.39, 0.29) is 5.91 Å². The zero-order valence-corrected chi connectivity index (χ0v) is 18.2. The second-order valence-electron chi connectivity index (χ2n) is 7.89. The molecule has 3 aromatic carbocycles. The van der Waals surface area contributed by atoms with E-state index in [0.717, 1.165) is 12.0 Å². The molecule has 6 heteroatoms. The molecule has 0 saturated heterocycles. The Bertz CT molecular complexity index is 1040. The smallest absolute Gasteiger partial charge is 0.341 e. The van der Waals surface area contributed by atoms with Crippen LogP contribution in [0.25, 0.3) is 0 Å². The van der Waals surface area contributed by atoms with E-state index in [4.69, 9.17) is 14.6 Å². The third-order valence-electron chi connectivity index (χ3n) is 4.64. The van der Waals surface area contributed by atoms with Gasteiger partial charge in [-0.15, -0.1) is 0 Å². The van der Waals surface area contributed by atoms with Gasteiger partial charge in [-0.1, -0.05) is 44.2 Å². The zero-order valence-electron chi connectivity index (χ0n) is 18.2. The van der Waals surface area contributed by atoms with Crippen molar-refractivity contribution in [3.63, 3.8) is 0 Å². The van der Waals surface area contributed by atoms with Crippen molar-refractivity contribution in [2.45, 2.75) is 26.9 Å². The minimum Gasteiger partial charge on any atom is -0.489 e. The standard InChI is InChI=1S/C26H27NO5/c1-18(2)14-19-6-8-20(9-7-19)16-31-23-12-10-22(11-13-23)27-26(30)21-4-3-5-24(15-21)32-17-25(28)29/h3-13,15,18H,14,16-17H2,1-2H3,(H,27,30)(H,28,29). The second-order valence-corrected chi connectivity index (χ2v) is 7.89. The monoisotopic (exact) mass is 433 g/mol. The van der Waals surface area contributed by atoms with Crippen LogP contribution in [-0.2, 0) is 17.8 Å². The van der Waals surface area contributed by atoms with Crippen molar-refractivity contribution < 1.29 is 24.2 Å². The largest absolute Gasteiger partial charge is 0.489 e. The summed E-state index contributed by atoms with van der Waals surface area (Å²) in [6.45, 7) is 4.42. The minimum atomic E-state index is -1.08. The van der Waals surface area contributed by atoms with Crippen molar-refractivity contribution in [2.75, 3.05) is 11.9 Å². The number of anilines is 1. The van der Waals surface area contributed by atoms with Gasteiger partial charge in [-0.3, -0.25) is 4.79 Å². The molecule has 0 aromatic heterocycles.